The van der Waals surface area contributed by atoms with Gasteiger partial charge in [0.05, 0.1) is 11.8 Å². The SMILES string of the molecule is CC1CC(C)(C)C2CCCCCC2C(=O)OC1=O. The Hall–Kier alpha value is -0.860. The van der Waals surface area contributed by atoms with Gasteiger partial charge in [0.1, 0.15) is 0 Å². The molecular formula is C15H24O3. The fraction of sp³-hybridized carbons (Fsp3) is 0.867. The maximum Gasteiger partial charge on any atom is 0.316 e. The van der Waals surface area contributed by atoms with Crippen LogP contribution in [-0.4, -0.2) is 11.9 Å². The maximum absolute atomic E-state index is 12.2. The minimum absolute atomic E-state index is 0.0452. The van der Waals surface area contributed by atoms with Crippen molar-refractivity contribution >= 4 is 11.9 Å². The minimum Gasteiger partial charge on any atom is -0.393 e. The number of rotatable bonds is 0. The number of hydrogen-bond acceptors (Lipinski definition) is 3. The van der Waals surface area contributed by atoms with E-state index in [9.17, 15) is 9.59 Å². The van der Waals surface area contributed by atoms with Crippen LogP contribution in [-0.2, 0) is 14.3 Å². The van der Waals surface area contributed by atoms with Gasteiger partial charge >= 0.3 is 11.9 Å². The Morgan fingerprint density at radius 3 is 2.44 bits per heavy atom. The first-order valence-corrected chi connectivity index (χ1v) is 7.17. The van der Waals surface area contributed by atoms with Crippen molar-refractivity contribution in [2.45, 2.75) is 59.3 Å². The molecule has 18 heavy (non-hydrogen) atoms. The Balaban J connectivity index is 2.31. The summed E-state index contributed by atoms with van der Waals surface area (Å²) in [6.07, 6.45) is 6.26. The predicted octanol–water partition coefficient (Wildman–Crippen LogP) is 3.32. The molecule has 3 atom stereocenters. The zero-order chi connectivity index (χ0) is 13.3. The molecular weight excluding hydrogens is 228 g/mol. The molecule has 3 nitrogen and oxygen atoms in total. The van der Waals surface area contributed by atoms with Crippen LogP contribution in [0, 0.1) is 23.2 Å². The van der Waals surface area contributed by atoms with Crippen molar-refractivity contribution < 1.29 is 14.3 Å². The largest absolute Gasteiger partial charge is 0.393 e. The number of esters is 2. The lowest BCUT2D eigenvalue weighted by molar-refractivity contribution is -0.172. The number of cyclic esters (lactones) is 2. The molecule has 1 aliphatic heterocycles. The van der Waals surface area contributed by atoms with E-state index in [1.807, 2.05) is 6.92 Å². The normalized spacial score (nSPS) is 36.9. The van der Waals surface area contributed by atoms with Crippen molar-refractivity contribution in [3.8, 4) is 0 Å². The summed E-state index contributed by atoms with van der Waals surface area (Å²) in [4.78, 5) is 23.9. The van der Waals surface area contributed by atoms with Crippen LogP contribution in [0.4, 0.5) is 0 Å². The van der Waals surface area contributed by atoms with Crippen molar-refractivity contribution in [1.82, 2.24) is 0 Å². The molecule has 3 unspecified atom stereocenters. The summed E-state index contributed by atoms with van der Waals surface area (Å²) >= 11 is 0. The fourth-order valence-corrected chi connectivity index (χ4v) is 3.82. The van der Waals surface area contributed by atoms with Crippen LogP contribution in [0.1, 0.15) is 59.3 Å². The lowest BCUT2D eigenvalue weighted by atomic mass is 9.65. The Bertz CT molecular complexity index is 346. The quantitative estimate of drug-likeness (QED) is 0.490. The van der Waals surface area contributed by atoms with E-state index >= 15 is 0 Å². The average Bonchev–Trinajstić information content (AvgIpc) is 2.52. The highest BCUT2D eigenvalue weighted by Gasteiger charge is 2.44. The summed E-state index contributed by atoms with van der Waals surface area (Å²) in [5, 5.41) is 0. The number of ether oxygens (including phenoxy) is 1. The van der Waals surface area contributed by atoms with Crippen LogP contribution < -0.4 is 0 Å². The third kappa shape index (κ3) is 2.60. The maximum atomic E-state index is 12.2. The summed E-state index contributed by atoms with van der Waals surface area (Å²) in [7, 11) is 0. The molecule has 2 fully saturated rings. The summed E-state index contributed by atoms with van der Waals surface area (Å²) in [6, 6.07) is 0. The van der Waals surface area contributed by atoms with Crippen molar-refractivity contribution in [1.29, 1.82) is 0 Å². The van der Waals surface area contributed by atoms with Gasteiger partial charge in [-0.15, -0.1) is 0 Å². The summed E-state index contributed by atoms with van der Waals surface area (Å²) in [5.74, 6) is -0.488. The zero-order valence-electron chi connectivity index (χ0n) is 11.7. The van der Waals surface area contributed by atoms with Gasteiger partial charge in [0.15, 0.2) is 0 Å². The van der Waals surface area contributed by atoms with Crippen molar-refractivity contribution in [2.75, 3.05) is 0 Å². The van der Waals surface area contributed by atoms with Gasteiger partial charge in [-0.2, -0.15) is 0 Å². The molecule has 3 heteroatoms. The molecule has 0 radical (unpaired) electrons. The molecule has 0 spiro atoms. The lowest BCUT2D eigenvalue weighted by Gasteiger charge is -2.40. The molecule has 0 aromatic carbocycles. The van der Waals surface area contributed by atoms with Crippen LogP contribution in [0.5, 0.6) is 0 Å². The molecule has 0 aromatic rings. The number of carbonyl (C=O) groups is 2. The van der Waals surface area contributed by atoms with E-state index in [4.69, 9.17) is 4.74 Å². The molecule has 0 amide bonds. The molecule has 2 aliphatic rings. The third-order valence-electron chi connectivity index (χ3n) is 4.76. The lowest BCUT2D eigenvalue weighted by Crippen LogP contribution is -2.41. The van der Waals surface area contributed by atoms with Gasteiger partial charge in [0.2, 0.25) is 0 Å². The second-order valence-corrected chi connectivity index (χ2v) is 6.68. The highest BCUT2D eigenvalue weighted by molar-refractivity contribution is 5.88. The van der Waals surface area contributed by atoms with Gasteiger partial charge in [0.25, 0.3) is 0 Å². The first-order chi connectivity index (χ1) is 8.42. The molecule has 1 heterocycles. The predicted molar refractivity (Wildman–Crippen MR) is 68.7 cm³/mol. The number of carbonyl (C=O) groups excluding carboxylic acids is 2. The molecule has 102 valence electrons. The van der Waals surface area contributed by atoms with E-state index in [1.165, 1.54) is 12.8 Å². The topological polar surface area (TPSA) is 43.4 Å². The van der Waals surface area contributed by atoms with E-state index < -0.39 is 0 Å². The van der Waals surface area contributed by atoms with Gasteiger partial charge in [-0.1, -0.05) is 40.0 Å². The van der Waals surface area contributed by atoms with Crippen molar-refractivity contribution in [2.24, 2.45) is 23.2 Å². The monoisotopic (exact) mass is 252 g/mol. The van der Waals surface area contributed by atoms with Gasteiger partial charge in [0, 0.05) is 0 Å². The van der Waals surface area contributed by atoms with Crippen LogP contribution >= 0.6 is 0 Å². The smallest absolute Gasteiger partial charge is 0.316 e. The molecule has 1 aliphatic carbocycles. The van der Waals surface area contributed by atoms with Gasteiger partial charge < -0.3 is 4.74 Å². The fourth-order valence-electron chi connectivity index (χ4n) is 3.82. The second-order valence-electron chi connectivity index (χ2n) is 6.68. The first kappa shape index (κ1) is 13.6. The van der Waals surface area contributed by atoms with Crippen molar-refractivity contribution in [3.05, 3.63) is 0 Å². The second kappa shape index (κ2) is 5.02. The Kier molecular flexibility index (Phi) is 3.79. The summed E-state index contributed by atoms with van der Waals surface area (Å²) < 4.78 is 5.04. The molecule has 0 aromatic heterocycles. The van der Waals surface area contributed by atoms with Gasteiger partial charge in [-0.05, 0) is 30.6 Å². The molecule has 1 saturated heterocycles. The summed E-state index contributed by atoms with van der Waals surface area (Å²) in [6.45, 7) is 6.28. The van der Waals surface area contributed by atoms with Gasteiger partial charge in [-0.3, -0.25) is 9.59 Å². The standard InChI is InChI=1S/C15H24O3/c1-10-9-15(2,3)12-8-6-4-5-7-11(12)14(17)18-13(10)16/h10-12H,4-9H2,1-3H3. The summed E-state index contributed by atoms with van der Waals surface area (Å²) in [5.41, 5.74) is 0.0452. The molecule has 2 rings (SSSR count). The van der Waals surface area contributed by atoms with Crippen LogP contribution in [0.2, 0.25) is 0 Å². The zero-order valence-corrected chi connectivity index (χ0v) is 11.7. The highest BCUT2D eigenvalue weighted by Crippen LogP contribution is 2.46. The minimum atomic E-state index is -0.337. The Labute approximate surface area is 109 Å². The van der Waals surface area contributed by atoms with Gasteiger partial charge in [-0.25, -0.2) is 0 Å². The molecule has 0 N–H and O–H groups in total. The van der Waals surface area contributed by atoms with E-state index in [2.05, 4.69) is 13.8 Å². The van der Waals surface area contributed by atoms with E-state index in [0.29, 0.717) is 5.92 Å². The van der Waals surface area contributed by atoms with E-state index in [0.717, 1.165) is 25.7 Å². The van der Waals surface area contributed by atoms with Crippen molar-refractivity contribution in [3.63, 3.8) is 0 Å². The number of fused-ring (bicyclic) bond motifs is 1. The Morgan fingerprint density at radius 1 is 1.06 bits per heavy atom. The number of hydrogen-bond donors (Lipinski definition) is 0. The van der Waals surface area contributed by atoms with Crippen LogP contribution in [0.15, 0.2) is 0 Å². The highest BCUT2D eigenvalue weighted by atomic mass is 16.6. The van der Waals surface area contributed by atoms with E-state index in [-0.39, 0.29) is 29.2 Å². The molecule has 1 saturated carbocycles. The Morgan fingerprint density at radius 2 is 1.72 bits per heavy atom. The molecule has 0 bridgehead atoms. The van der Waals surface area contributed by atoms with Crippen LogP contribution in [0.25, 0.3) is 0 Å². The first-order valence-electron chi connectivity index (χ1n) is 7.17. The average molecular weight is 252 g/mol. The van der Waals surface area contributed by atoms with E-state index in [1.54, 1.807) is 0 Å². The third-order valence-corrected chi connectivity index (χ3v) is 4.76. The van der Waals surface area contributed by atoms with Crippen LogP contribution in [0.3, 0.4) is 0 Å².